The summed E-state index contributed by atoms with van der Waals surface area (Å²) in [5.41, 5.74) is 4.74. The van der Waals surface area contributed by atoms with Crippen molar-refractivity contribution >= 4 is 11.3 Å². The zero-order valence-electron chi connectivity index (χ0n) is 10.1. The van der Waals surface area contributed by atoms with Crippen LogP contribution in [0.2, 0.25) is 0 Å². The summed E-state index contributed by atoms with van der Waals surface area (Å²) in [7, 11) is 0. The Morgan fingerprint density at radius 1 is 0.833 bits per heavy atom. The summed E-state index contributed by atoms with van der Waals surface area (Å²) in [6.45, 7) is 2.04. The van der Waals surface area contributed by atoms with Gasteiger partial charge in [0.05, 0.1) is 10.7 Å². The second kappa shape index (κ2) is 4.75. The van der Waals surface area contributed by atoms with Gasteiger partial charge in [0.1, 0.15) is 0 Å². The van der Waals surface area contributed by atoms with Gasteiger partial charge < -0.3 is 0 Å². The topological polar surface area (TPSA) is 12.9 Å². The number of nitrogens with zero attached hydrogens (tertiary/aromatic N) is 1. The lowest BCUT2D eigenvalue weighted by Crippen LogP contribution is -1.84. The molecule has 0 aliphatic rings. The SMILES string of the molecule is Cc1nc(-c2ccccc2-c2ccccc2)cs1. The van der Waals surface area contributed by atoms with Crippen LogP contribution in [0.3, 0.4) is 0 Å². The van der Waals surface area contributed by atoms with Crippen molar-refractivity contribution in [3.05, 3.63) is 65.0 Å². The zero-order chi connectivity index (χ0) is 12.4. The van der Waals surface area contributed by atoms with Gasteiger partial charge in [0, 0.05) is 10.9 Å². The molecule has 1 heterocycles. The fourth-order valence-corrected chi connectivity index (χ4v) is 2.68. The van der Waals surface area contributed by atoms with E-state index in [4.69, 9.17) is 0 Å². The maximum absolute atomic E-state index is 4.59. The smallest absolute Gasteiger partial charge is 0.0901 e. The Morgan fingerprint density at radius 2 is 1.50 bits per heavy atom. The van der Waals surface area contributed by atoms with Gasteiger partial charge in [-0.15, -0.1) is 11.3 Å². The summed E-state index contributed by atoms with van der Waals surface area (Å²) in [6.07, 6.45) is 0. The largest absolute Gasteiger partial charge is 0.242 e. The van der Waals surface area contributed by atoms with Gasteiger partial charge in [-0.1, -0.05) is 54.6 Å². The maximum Gasteiger partial charge on any atom is 0.0901 e. The van der Waals surface area contributed by atoms with E-state index in [0.717, 1.165) is 10.7 Å². The fraction of sp³-hybridized carbons (Fsp3) is 0.0625. The third-order valence-corrected chi connectivity index (χ3v) is 3.68. The second-order valence-electron chi connectivity index (χ2n) is 4.16. The molecule has 3 aromatic rings. The first-order chi connectivity index (χ1) is 8.84. The summed E-state index contributed by atoms with van der Waals surface area (Å²) >= 11 is 1.69. The van der Waals surface area contributed by atoms with E-state index in [2.05, 4.69) is 58.9 Å². The molecule has 0 radical (unpaired) electrons. The fourth-order valence-electron chi connectivity index (χ4n) is 2.06. The number of thiazole rings is 1. The molecule has 2 aromatic carbocycles. The lowest BCUT2D eigenvalue weighted by molar-refractivity contribution is 1.30. The van der Waals surface area contributed by atoms with Gasteiger partial charge in [-0.2, -0.15) is 0 Å². The molecule has 88 valence electrons. The van der Waals surface area contributed by atoms with E-state index in [9.17, 15) is 0 Å². The van der Waals surface area contributed by atoms with Crippen molar-refractivity contribution < 1.29 is 0 Å². The average molecular weight is 251 g/mol. The minimum Gasteiger partial charge on any atom is -0.242 e. The summed E-state index contributed by atoms with van der Waals surface area (Å²) in [5.74, 6) is 0. The van der Waals surface area contributed by atoms with Crippen molar-refractivity contribution in [2.45, 2.75) is 6.92 Å². The van der Waals surface area contributed by atoms with Crippen LogP contribution in [0.1, 0.15) is 5.01 Å². The average Bonchev–Trinajstić information content (AvgIpc) is 2.86. The lowest BCUT2D eigenvalue weighted by Gasteiger charge is -2.07. The van der Waals surface area contributed by atoms with Crippen LogP contribution in [0, 0.1) is 6.92 Å². The summed E-state index contributed by atoms with van der Waals surface area (Å²) in [5, 5.41) is 3.23. The maximum atomic E-state index is 4.59. The molecule has 0 N–H and O–H groups in total. The Labute approximate surface area is 111 Å². The quantitative estimate of drug-likeness (QED) is 0.638. The Morgan fingerprint density at radius 3 is 2.17 bits per heavy atom. The van der Waals surface area contributed by atoms with Gasteiger partial charge in [-0.3, -0.25) is 0 Å². The molecule has 1 aromatic heterocycles. The van der Waals surface area contributed by atoms with Gasteiger partial charge in [-0.25, -0.2) is 4.98 Å². The normalized spacial score (nSPS) is 10.5. The van der Waals surface area contributed by atoms with Gasteiger partial charge in [0.15, 0.2) is 0 Å². The van der Waals surface area contributed by atoms with Gasteiger partial charge in [0.25, 0.3) is 0 Å². The number of rotatable bonds is 2. The molecule has 0 aliphatic heterocycles. The van der Waals surface area contributed by atoms with Gasteiger partial charge in [0.2, 0.25) is 0 Å². The highest BCUT2D eigenvalue weighted by molar-refractivity contribution is 7.09. The minimum atomic E-state index is 1.07. The minimum absolute atomic E-state index is 1.07. The molecule has 0 atom stereocenters. The van der Waals surface area contributed by atoms with E-state index in [0.29, 0.717) is 0 Å². The van der Waals surface area contributed by atoms with Crippen LogP contribution in [0.15, 0.2) is 60.0 Å². The highest BCUT2D eigenvalue weighted by atomic mass is 32.1. The van der Waals surface area contributed by atoms with Crippen LogP contribution in [0.25, 0.3) is 22.4 Å². The molecule has 0 aliphatic carbocycles. The Bertz CT molecular complexity index is 656. The highest BCUT2D eigenvalue weighted by Gasteiger charge is 2.08. The molecule has 18 heavy (non-hydrogen) atoms. The van der Waals surface area contributed by atoms with E-state index >= 15 is 0 Å². The monoisotopic (exact) mass is 251 g/mol. The van der Waals surface area contributed by atoms with Crippen LogP contribution in [0.5, 0.6) is 0 Å². The van der Waals surface area contributed by atoms with E-state index in [1.165, 1.54) is 16.7 Å². The molecule has 3 rings (SSSR count). The van der Waals surface area contributed by atoms with Crippen LogP contribution in [-0.2, 0) is 0 Å². The summed E-state index contributed by atoms with van der Waals surface area (Å²) in [4.78, 5) is 4.59. The molecule has 0 saturated carbocycles. The molecule has 0 spiro atoms. The molecule has 0 saturated heterocycles. The molecule has 0 amide bonds. The van der Waals surface area contributed by atoms with E-state index in [-0.39, 0.29) is 0 Å². The lowest BCUT2D eigenvalue weighted by atomic mass is 9.98. The van der Waals surface area contributed by atoms with Crippen LogP contribution >= 0.6 is 11.3 Å². The molecular formula is C16H13NS. The second-order valence-corrected chi connectivity index (χ2v) is 5.23. The Kier molecular flexibility index (Phi) is 2.95. The number of aryl methyl sites for hydroxylation is 1. The van der Waals surface area contributed by atoms with Crippen LogP contribution in [-0.4, -0.2) is 4.98 Å². The Hall–Kier alpha value is -1.93. The number of hydrogen-bond acceptors (Lipinski definition) is 2. The van der Waals surface area contributed by atoms with Crippen molar-refractivity contribution in [2.75, 3.05) is 0 Å². The first kappa shape index (κ1) is 11.2. The van der Waals surface area contributed by atoms with Gasteiger partial charge in [-0.05, 0) is 18.1 Å². The molecule has 1 nitrogen and oxygen atoms in total. The predicted octanol–water partition coefficient (Wildman–Crippen LogP) is 4.79. The summed E-state index contributed by atoms with van der Waals surface area (Å²) < 4.78 is 0. The highest BCUT2D eigenvalue weighted by Crippen LogP contribution is 2.32. The van der Waals surface area contributed by atoms with E-state index < -0.39 is 0 Å². The van der Waals surface area contributed by atoms with E-state index in [1.54, 1.807) is 11.3 Å². The number of benzene rings is 2. The number of aromatic nitrogens is 1. The zero-order valence-corrected chi connectivity index (χ0v) is 10.9. The summed E-state index contributed by atoms with van der Waals surface area (Å²) in [6, 6.07) is 18.9. The van der Waals surface area contributed by atoms with Crippen molar-refractivity contribution in [2.24, 2.45) is 0 Å². The van der Waals surface area contributed by atoms with Crippen molar-refractivity contribution in [1.29, 1.82) is 0 Å². The molecule has 0 bridgehead atoms. The molecule has 0 unspecified atom stereocenters. The number of hydrogen-bond donors (Lipinski definition) is 0. The van der Waals surface area contributed by atoms with Crippen molar-refractivity contribution in [3.8, 4) is 22.4 Å². The molecular weight excluding hydrogens is 238 g/mol. The van der Waals surface area contributed by atoms with Crippen molar-refractivity contribution in [1.82, 2.24) is 4.98 Å². The van der Waals surface area contributed by atoms with Crippen LogP contribution in [0.4, 0.5) is 0 Å². The van der Waals surface area contributed by atoms with Crippen molar-refractivity contribution in [3.63, 3.8) is 0 Å². The third kappa shape index (κ3) is 2.07. The first-order valence-corrected chi connectivity index (χ1v) is 6.79. The van der Waals surface area contributed by atoms with Gasteiger partial charge >= 0.3 is 0 Å². The van der Waals surface area contributed by atoms with Crippen LogP contribution < -0.4 is 0 Å². The predicted molar refractivity (Wildman–Crippen MR) is 77.7 cm³/mol. The third-order valence-electron chi connectivity index (χ3n) is 2.91. The molecule has 2 heteroatoms. The Balaban J connectivity index is 2.17. The van der Waals surface area contributed by atoms with E-state index in [1.807, 2.05) is 13.0 Å². The standard InChI is InChI=1S/C16H13NS/c1-12-17-16(11-18-12)15-10-6-5-9-14(15)13-7-3-2-4-8-13/h2-11H,1H3. The first-order valence-electron chi connectivity index (χ1n) is 5.91. The molecule has 0 fully saturated rings.